The molecule has 1 fully saturated rings. The first-order chi connectivity index (χ1) is 9.54. The molecule has 0 radical (unpaired) electrons. The van der Waals surface area contributed by atoms with Gasteiger partial charge in [-0.3, -0.25) is 4.79 Å². The molecule has 1 aliphatic carbocycles. The van der Waals surface area contributed by atoms with Gasteiger partial charge in [-0.05, 0) is 25.7 Å². The van der Waals surface area contributed by atoms with Crippen LogP contribution < -0.4 is 16.6 Å². The van der Waals surface area contributed by atoms with Crippen molar-refractivity contribution in [3.05, 3.63) is 21.6 Å². The minimum atomic E-state index is -0.255. The van der Waals surface area contributed by atoms with E-state index in [0.717, 1.165) is 19.3 Å². The second-order valence-electron chi connectivity index (χ2n) is 5.63. The Morgan fingerprint density at radius 1 is 1.60 bits per heavy atom. The number of hydrogen-bond acceptors (Lipinski definition) is 4. The van der Waals surface area contributed by atoms with Crippen LogP contribution in [0.15, 0.2) is 11.0 Å². The third-order valence-electron chi connectivity index (χ3n) is 4.49. The first kappa shape index (κ1) is 15.3. The molecule has 2 unspecified atom stereocenters. The third kappa shape index (κ3) is 2.69. The second-order valence-corrected chi connectivity index (χ2v) is 6.00. The summed E-state index contributed by atoms with van der Waals surface area (Å²) in [6.45, 7) is 5.11. The highest BCUT2D eigenvalue weighted by atomic mass is 35.5. The van der Waals surface area contributed by atoms with Crippen molar-refractivity contribution in [1.82, 2.24) is 9.78 Å². The average Bonchev–Trinajstić information content (AvgIpc) is 2.46. The Morgan fingerprint density at radius 3 is 2.95 bits per heavy atom. The molecule has 0 saturated heterocycles. The van der Waals surface area contributed by atoms with Crippen molar-refractivity contribution in [2.75, 3.05) is 11.9 Å². The van der Waals surface area contributed by atoms with E-state index in [1.165, 1.54) is 11.1 Å². The molecule has 0 spiro atoms. The second kappa shape index (κ2) is 6.14. The van der Waals surface area contributed by atoms with Crippen LogP contribution >= 0.6 is 11.6 Å². The number of rotatable bonds is 4. The Bertz CT molecular complexity index is 530. The van der Waals surface area contributed by atoms with E-state index in [9.17, 15) is 4.79 Å². The molecule has 0 aliphatic heterocycles. The van der Waals surface area contributed by atoms with Gasteiger partial charge in [0.2, 0.25) is 0 Å². The van der Waals surface area contributed by atoms with Gasteiger partial charge in [-0.15, -0.1) is 0 Å². The molecule has 0 aromatic carbocycles. The van der Waals surface area contributed by atoms with E-state index in [2.05, 4.69) is 17.3 Å². The number of aryl methyl sites for hydroxylation is 1. The zero-order valence-corrected chi connectivity index (χ0v) is 12.9. The number of aromatic nitrogens is 2. The molecule has 2 rings (SSSR count). The molecular weight excluding hydrogens is 276 g/mol. The molecule has 1 aromatic heterocycles. The summed E-state index contributed by atoms with van der Waals surface area (Å²) in [7, 11) is 0. The average molecular weight is 299 g/mol. The monoisotopic (exact) mass is 298 g/mol. The highest BCUT2D eigenvalue weighted by molar-refractivity contribution is 6.32. The fraction of sp³-hybridized carbons (Fsp3) is 0.714. The first-order valence-corrected chi connectivity index (χ1v) is 7.65. The smallest absolute Gasteiger partial charge is 0.287 e. The normalized spacial score (nSPS) is 26.5. The Hall–Kier alpha value is -1.07. The molecule has 5 nitrogen and oxygen atoms in total. The van der Waals surface area contributed by atoms with Crippen molar-refractivity contribution in [2.24, 2.45) is 11.7 Å². The Balaban J connectivity index is 2.33. The van der Waals surface area contributed by atoms with Gasteiger partial charge >= 0.3 is 0 Å². The van der Waals surface area contributed by atoms with Gasteiger partial charge in [0, 0.05) is 13.1 Å². The standard InChI is InChI=1S/C14H23ClN4O/c1-3-19-13(20)12(15)11(8-17-19)18-14(9-16)7-5-4-6-10(14)2/h8,10,18H,3-7,9,16H2,1-2H3. The van der Waals surface area contributed by atoms with Crippen LogP contribution in [0.4, 0.5) is 5.69 Å². The summed E-state index contributed by atoms with van der Waals surface area (Å²) in [6, 6.07) is 0. The van der Waals surface area contributed by atoms with Crippen molar-refractivity contribution in [1.29, 1.82) is 0 Å². The van der Waals surface area contributed by atoms with Gasteiger partial charge in [-0.2, -0.15) is 5.10 Å². The molecule has 112 valence electrons. The van der Waals surface area contributed by atoms with E-state index < -0.39 is 0 Å². The number of hydrogen-bond donors (Lipinski definition) is 2. The van der Waals surface area contributed by atoms with Gasteiger partial charge in [0.05, 0.1) is 17.4 Å². The number of nitrogens with zero attached hydrogens (tertiary/aromatic N) is 2. The quantitative estimate of drug-likeness (QED) is 0.894. The van der Waals surface area contributed by atoms with Crippen LogP contribution in [-0.2, 0) is 6.54 Å². The van der Waals surface area contributed by atoms with Gasteiger partial charge in [0.1, 0.15) is 5.02 Å². The molecule has 1 heterocycles. The van der Waals surface area contributed by atoms with E-state index >= 15 is 0 Å². The molecule has 0 amide bonds. The van der Waals surface area contributed by atoms with E-state index in [-0.39, 0.29) is 16.1 Å². The molecule has 1 saturated carbocycles. The van der Waals surface area contributed by atoms with Crippen molar-refractivity contribution in [3.8, 4) is 0 Å². The number of anilines is 1. The summed E-state index contributed by atoms with van der Waals surface area (Å²) in [4.78, 5) is 12.0. The molecule has 3 N–H and O–H groups in total. The molecule has 20 heavy (non-hydrogen) atoms. The largest absolute Gasteiger partial charge is 0.375 e. The van der Waals surface area contributed by atoms with Gasteiger partial charge < -0.3 is 11.1 Å². The van der Waals surface area contributed by atoms with Crippen LogP contribution in [0.2, 0.25) is 5.02 Å². The van der Waals surface area contributed by atoms with E-state index in [4.69, 9.17) is 17.3 Å². The van der Waals surface area contributed by atoms with Gasteiger partial charge in [0.15, 0.2) is 0 Å². The Kier molecular flexibility index (Phi) is 4.70. The maximum Gasteiger partial charge on any atom is 0.287 e. The van der Waals surface area contributed by atoms with Crippen molar-refractivity contribution >= 4 is 17.3 Å². The molecule has 1 aliphatic rings. The molecule has 0 bridgehead atoms. The van der Waals surface area contributed by atoms with Crippen molar-refractivity contribution in [3.63, 3.8) is 0 Å². The number of halogens is 1. The molecule has 1 aromatic rings. The lowest BCUT2D eigenvalue weighted by Crippen LogP contribution is -2.52. The number of nitrogens with one attached hydrogen (secondary N) is 1. The summed E-state index contributed by atoms with van der Waals surface area (Å²) in [5.41, 5.74) is 6.17. The van der Waals surface area contributed by atoms with E-state index in [1.54, 1.807) is 6.20 Å². The highest BCUT2D eigenvalue weighted by Gasteiger charge is 2.37. The third-order valence-corrected chi connectivity index (χ3v) is 4.85. The Morgan fingerprint density at radius 2 is 2.35 bits per heavy atom. The SMILES string of the molecule is CCn1ncc(NC2(CN)CCCCC2C)c(Cl)c1=O. The van der Waals surface area contributed by atoms with Crippen molar-refractivity contribution < 1.29 is 0 Å². The van der Waals surface area contributed by atoms with Crippen LogP contribution in [0.25, 0.3) is 0 Å². The van der Waals surface area contributed by atoms with Crippen LogP contribution in [0.5, 0.6) is 0 Å². The summed E-state index contributed by atoms with van der Waals surface area (Å²) in [5.74, 6) is 0.450. The van der Waals surface area contributed by atoms with Gasteiger partial charge in [-0.1, -0.05) is 31.4 Å². The minimum Gasteiger partial charge on any atom is -0.375 e. The maximum absolute atomic E-state index is 12.0. The maximum atomic E-state index is 12.0. The first-order valence-electron chi connectivity index (χ1n) is 7.28. The topological polar surface area (TPSA) is 72.9 Å². The molecular formula is C14H23ClN4O. The molecule has 2 atom stereocenters. The zero-order valence-electron chi connectivity index (χ0n) is 12.2. The van der Waals surface area contributed by atoms with Crippen molar-refractivity contribution in [2.45, 2.75) is 51.6 Å². The predicted molar refractivity (Wildman–Crippen MR) is 82.2 cm³/mol. The van der Waals surface area contributed by atoms with E-state index in [1.807, 2.05) is 6.92 Å². The fourth-order valence-corrected chi connectivity index (χ4v) is 3.19. The predicted octanol–water partition coefficient (Wildman–Crippen LogP) is 2.24. The minimum absolute atomic E-state index is 0.186. The zero-order chi connectivity index (χ0) is 14.8. The van der Waals surface area contributed by atoms with Crippen LogP contribution in [0.3, 0.4) is 0 Å². The van der Waals surface area contributed by atoms with Crippen LogP contribution in [0.1, 0.15) is 39.5 Å². The van der Waals surface area contributed by atoms with Gasteiger partial charge in [0.25, 0.3) is 5.56 Å². The fourth-order valence-electron chi connectivity index (χ4n) is 3.00. The summed E-state index contributed by atoms with van der Waals surface area (Å²) in [6.07, 6.45) is 6.14. The lowest BCUT2D eigenvalue weighted by Gasteiger charge is -2.43. The van der Waals surface area contributed by atoms with Crippen LogP contribution in [-0.4, -0.2) is 21.9 Å². The lowest BCUT2D eigenvalue weighted by molar-refractivity contribution is 0.235. The van der Waals surface area contributed by atoms with Crippen LogP contribution in [0, 0.1) is 5.92 Å². The van der Waals surface area contributed by atoms with E-state index in [0.29, 0.717) is 24.7 Å². The molecule has 6 heteroatoms. The van der Waals surface area contributed by atoms with Gasteiger partial charge in [-0.25, -0.2) is 4.68 Å². The number of nitrogens with two attached hydrogens (primary N) is 1. The summed E-state index contributed by atoms with van der Waals surface area (Å²) in [5, 5.41) is 7.75. The lowest BCUT2D eigenvalue weighted by atomic mass is 9.73. The highest BCUT2D eigenvalue weighted by Crippen LogP contribution is 2.36. The summed E-state index contributed by atoms with van der Waals surface area (Å²) < 4.78 is 1.35. The Labute approximate surface area is 124 Å². The summed E-state index contributed by atoms with van der Waals surface area (Å²) >= 11 is 6.19.